The van der Waals surface area contributed by atoms with Crippen LogP contribution in [0.25, 0.3) is 0 Å². The van der Waals surface area contributed by atoms with Crippen LogP contribution in [-0.2, 0) is 0 Å². The lowest BCUT2D eigenvalue weighted by Crippen LogP contribution is -2.33. The Kier molecular flexibility index (Phi) is 5.35. The van der Waals surface area contributed by atoms with Gasteiger partial charge in [0, 0.05) is 6.07 Å². The molecule has 1 aromatic heterocycles. The average molecular weight is 277 g/mol. The summed E-state index contributed by atoms with van der Waals surface area (Å²) in [5.74, 6) is 2.89. The molecule has 0 aliphatic heterocycles. The quantitative estimate of drug-likeness (QED) is 0.897. The van der Waals surface area contributed by atoms with Gasteiger partial charge in [-0.25, -0.2) is 9.97 Å². The van der Waals surface area contributed by atoms with Gasteiger partial charge in [0.25, 0.3) is 0 Å². The van der Waals surface area contributed by atoms with Crippen molar-refractivity contribution in [2.45, 2.75) is 46.1 Å². The van der Waals surface area contributed by atoms with Crippen LogP contribution in [0.5, 0.6) is 5.88 Å². The van der Waals surface area contributed by atoms with Gasteiger partial charge in [0.05, 0.1) is 18.8 Å². The van der Waals surface area contributed by atoms with Crippen molar-refractivity contribution >= 4 is 0 Å². The van der Waals surface area contributed by atoms with Crippen LogP contribution in [0, 0.1) is 17.8 Å². The summed E-state index contributed by atoms with van der Waals surface area (Å²) >= 11 is 0. The Morgan fingerprint density at radius 2 is 1.95 bits per heavy atom. The summed E-state index contributed by atoms with van der Waals surface area (Å²) in [6, 6.07) is 2.28. The molecule has 4 nitrogen and oxygen atoms in total. The summed E-state index contributed by atoms with van der Waals surface area (Å²) in [5.41, 5.74) is 1.06. The van der Waals surface area contributed by atoms with Crippen molar-refractivity contribution in [2.24, 2.45) is 17.8 Å². The molecule has 1 heterocycles. The third kappa shape index (κ3) is 3.69. The molecule has 3 unspecified atom stereocenters. The number of methoxy groups -OCH3 is 1. The van der Waals surface area contributed by atoms with Gasteiger partial charge in [-0.2, -0.15) is 0 Å². The molecule has 0 aromatic carbocycles. The lowest BCUT2D eigenvalue weighted by Gasteiger charge is -2.36. The van der Waals surface area contributed by atoms with Crippen molar-refractivity contribution in [2.75, 3.05) is 13.7 Å². The number of nitrogens with zero attached hydrogens (tertiary/aromatic N) is 2. The Hall–Kier alpha value is -1.16. The molecule has 0 amide bonds. The highest BCUT2D eigenvalue weighted by Gasteiger charge is 2.31. The molecule has 1 aliphatic rings. The maximum Gasteiger partial charge on any atom is 0.216 e. The van der Waals surface area contributed by atoms with Crippen LogP contribution in [0.15, 0.2) is 12.4 Å². The molecule has 1 fully saturated rings. The molecule has 0 spiro atoms. The lowest BCUT2D eigenvalue weighted by molar-refractivity contribution is 0.175. The van der Waals surface area contributed by atoms with E-state index in [-0.39, 0.29) is 0 Å². The van der Waals surface area contributed by atoms with E-state index in [1.165, 1.54) is 19.3 Å². The van der Waals surface area contributed by atoms with Gasteiger partial charge in [-0.1, -0.05) is 20.8 Å². The highest BCUT2D eigenvalue weighted by atomic mass is 16.5. The largest absolute Gasteiger partial charge is 0.481 e. The van der Waals surface area contributed by atoms with E-state index >= 15 is 0 Å². The predicted octanol–water partition coefficient (Wildman–Crippen LogP) is 3.21. The van der Waals surface area contributed by atoms with Crippen molar-refractivity contribution in [1.29, 1.82) is 0 Å². The second-order valence-corrected chi connectivity index (χ2v) is 6.20. The summed E-state index contributed by atoms with van der Waals surface area (Å²) in [6.07, 6.45) is 5.50. The Bertz CT molecular complexity index is 414. The third-order valence-electron chi connectivity index (χ3n) is 4.30. The molecule has 112 valence electrons. The molecule has 0 bridgehead atoms. The van der Waals surface area contributed by atoms with Gasteiger partial charge < -0.3 is 10.1 Å². The third-order valence-corrected chi connectivity index (χ3v) is 4.30. The van der Waals surface area contributed by atoms with E-state index in [4.69, 9.17) is 4.74 Å². The normalized spacial score (nSPS) is 28.1. The van der Waals surface area contributed by atoms with Gasteiger partial charge in [-0.05, 0) is 43.6 Å². The number of nitrogens with one attached hydrogen (secondary N) is 1. The zero-order chi connectivity index (χ0) is 14.5. The maximum absolute atomic E-state index is 5.23. The summed E-state index contributed by atoms with van der Waals surface area (Å²) in [4.78, 5) is 8.59. The van der Waals surface area contributed by atoms with E-state index < -0.39 is 0 Å². The molecule has 3 atom stereocenters. The van der Waals surface area contributed by atoms with E-state index in [1.807, 2.05) is 6.07 Å². The smallest absolute Gasteiger partial charge is 0.216 e. The van der Waals surface area contributed by atoms with E-state index in [2.05, 4.69) is 36.1 Å². The molecule has 1 aromatic rings. The SMILES string of the molecule is CCNC(c1cc(OC)ncn1)C1CC(C)CC(C)C1. The molecule has 1 aliphatic carbocycles. The highest BCUT2D eigenvalue weighted by molar-refractivity contribution is 5.17. The fourth-order valence-corrected chi connectivity index (χ4v) is 3.65. The minimum atomic E-state index is 0.307. The molecule has 2 rings (SSSR count). The molecular weight excluding hydrogens is 250 g/mol. The van der Waals surface area contributed by atoms with Gasteiger partial charge in [0.2, 0.25) is 5.88 Å². The number of ether oxygens (including phenoxy) is 1. The zero-order valence-electron chi connectivity index (χ0n) is 13.1. The number of hydrogen-bond donors (Lipinski definition) is 1. The van der Waals surface area contributed by atoms with Gasteiger partial charge in [-0.15, -0.1) is 0 Å². The standard InChI is InChI=1S/C16H27N3O/c1-5-17-16(13-7-11(2)6-12(3)8-13)14-9-15(20-4)19-10-18-14/h9-13,16-17H,5-8H2,1-4H3. The first-order valence-corrected chi connectivity index (χ1v) is 7.73. The van der Waals surface area contributed by atoms with Crippen LogP contribution in [0.1, 0.15) is 51.8 Å². The summed E-state index contributed by atoms with van der Waals surface area (Å²) < 4.78 is 5.23. The highest BCUT2D eigenvalue weighted by Crippen LogP contribution is 2.39. The molecule has 4 heteroatoms. The lowest BCUT2D eigenvalue weighted by atomic mass is 9.73. The van der Waals surface area contributed by atoms with E-state index in [0.29, 0.717) is 17.8 Å². The second-order valence-electron chi connectivity index (χ2n) is 6.20. The second kappa shape index (κ2) is 7.02. The Balaban J connectivity index is 2.20. The van der Waals surface area contributed by atoms with Crippen LogP contribution >= 0.6 is 0 Å². The minimum Gasteiger partial charge on any atom is -0.481 e. The molecule has 1 saturated carbocycles. The van der Waals surface area contributed by atoms with E-state index in [0.717, 1.165) is 24.1 Å². The van der Waals surface area contributed by atoms with Crippen molar-refractivity contribution in [3.63, 3.8) is 0 Å². The van der Waals surface area contributed by atoms with Crippen LogP contribution in [0.4, 0.5) is 0 Å². The molecule has 0 saturated heterocycles. The molecule has 0 radical (unpaired) electrons. The fraction of sp³-hybridized carbons (Fsp3) is 0.750. The van der Waals surface area contributed by atoms with E-state index in [9.17, 15) is 0 Å². The van der Waals surface area contributed by atoms with E-state index in [1.54, 1.807) is 13.4 Å². The number of aromatic nitrogens is 2. The first-order valence-electron chi connectivity index (χ1n) is 7.73. The van der Waals surface area contributed by atoms with Crippen molar-refractivity contribution < 1.29 is 4.74 Å². The van der Waals surface area contributed by atoms with Crippen molar-refractivity contribution in [3.8, 4) is 5.88 Å². The van der Waals surface area contributed by atoms with Gasteiger partial charge in [-0.3, -0.25) is 0 Å². The van der Waals surface area contributed by atoms with Crippen LogP contribution in [0.2, 0.25) is 0 Å². The van der Waals surface area contributed by atoms with Crippen LogP contribution < -0.4 is 10.1 Å². The molecule has 20 heavy (non-hydrogen) atoms. The monoisotopic (exact) mass is 277 g/mol. The van der Waals surface area contributed by atoms with Crippen LogP contribution in [0.3, 0.4) is 0 Å². The van der Waals surface area contributed by atoms with Crippen molar-refractivity contribution in [1.82, 2.24) is 15.3 Å². The van der Waals surface area contributed by atoms with Gasteiger partial charge in [0.15, 0.2) is 0 Å². The molecular formula is C16H27N3O. The minimum absolute atomic E-state index is 0.307. The first-order chi connectivity index (χ1) is 9.63. The topological polar surface area (TPSA) is 47.0 Å². The van der Waals surface area contributed by atoms with Crippen LogP contribution in [-0.4, -0.2) is 23.6 Å². The predicted molar refractivity (Wildman–Crippen MR) is 80.7 cm³/mol. The maximum atomic E-state index is 5.23. The summed E-state index contributed by atoms with van der Waals surface area (Å²) in [6.45, 7) is 7.84. The summed E-state index contributed by atoms with van der Waals surface area (Å²) in [5, 5.41) is 3.62. The van der Waals surface area contributed by atoms with Gasteiger partial charge in [0.1, 0.15) is 6.33 Å². The van der Waals surface area contributed by atoms with Crippen molar-refractivity contribution in [3.05, 3.63) is 18.1 Å². The Morgan fingerprint density at radius 1 is 1.25 bits per heavy atom. The number of hydrogen-bond acceptors (Lipinski definition) is 4. The zero-order valence-corrected chi connectivity index (χ0v) is 13.1. The Morgan fingerprint density at radius 3 is 2.55 bits per heavy atom. The first kappa shape index (κ1) is 15.2. The fourth-order valence-electron chi connectivity index (χ4n) is 3.65. The Labute approximate surface area is 122 Å². The summed E-state index contributed by atoms with van der Waals surface area (Å²) in [7, 11) is 1.65. The number of rotatable bonds is 5. The average Bonchev–Trinajstić information content (AvgIpc) is 2.43. The van der Waals surface area contributed by atoms with Gasteiger partial charge >= 0.3 is 0 Å². The molecule has 1 N–H and O–H groups in total.